The van der Waals surface area contributed by atoms with Crippen LogP contribution in [0.1, 0.15) is 31.7 Å². The maximum absolute atomic E-state index is 4.43. The molecule has 1 aromatic carbocycles. The van der Waals surface area contributed by atoms with E-state index in [1.54, 1.807) is 0 Å². The molecule has 21 heavy (non-hydrogen) atoms. The third-order valence-electron chi connectivity index (χ3n) is 4.03. The fourth-order valence-corrected chi connectivity index (χ4v) is 3.02. The molecule has 3 rings (SSSR count). The highest BCUT2D eigenvalue weighted by atomic mass is 15.3. The summed E-state index contributed by atoms with van der Waals surface area (Å²) >= 11 is 0. The van der Waals surface area contributed by atoms with Gasteiger partial charge < -0.3 is 10.6 Å². The number of hydrogen-bond donors (Lipinski definition) is 2. The van der Waals surface area contributed by atoms with E-state index in [1.807, 2.05) is 16.9 Å². The first-order chi connectivity index (χ1) is 10.3. The summed E-state index contributed by atoms with van der Waals surface area (Å²) in [6.45, 7) is 4.24. The molecule has 2 atom stereocenters. The van der Waals surface area contributed by atoms with E-state index in [0.717, 1.165) is 12.2 Å². The van der Waals surface area contributed by atoms with Crippen molar-refractivity contribution in [2.75, 3.05) is 11.9 Å². The molecule has 2 heterocycles. The highest BCUT2D eigenvalue weighted by molar-refractivity contribution is 5.39. The molecule has 1 aliphatic rings. The lowest BCUT2D eigenvalue weighted by Crippen LogP contribution is -2.29. The van der Waals surface area contributed by atoms with E-state index in [-0.39, 0.29) is 0 Å². The zero-order valence-corrected chi connectivity index (χ0v) is 12.6. The minimum Gasteiger partial charge on any atom is -0.380 e. The van der Waals surface area contributed by atoms with Crippen molar-refractivity contribution in [3.05, 3.63) is 48.3 Å². The molecule has 1 aromatic heterocycles. The topological polar surface area (TPSA) is 41.9 Å². The lowest BCUT2D eigenvalue weighted by Gasteiger charge is -2.18. The third-order valence-corrected chi connectivity index (χ3v) is 4.03. The van der Waals surface area contributed by atoms with Crippen LogP contribution in [0.5, 0.6) is 0 Å². The summed E-state index contributed by atoms with van der Waals surface area (Å²) in [5.74, 6) is 0. The van der Waals surface area contributed by atoms with Crippen LogP contribution < -0.4 is 10.6 Å². The van der Waals surface area contributed by atoms with Gasteiger partial charge in [0.05, 0.1) is 18.4 Å². The summed E-state index contributed by atoms with van der Waals surface area (Å²) in [5.41, 5.74) is 2.38. The van der Waals surface area contributed by atoms with Crippen LogP contribution in [0.2, 0.25) is 0 Å². The Morgan fingerprint density at radius 1 is 1.38 bits per heavy atom. The smallest absolute Gasteiger partial charge is 0.0728 e. The van der Waals surface area contributed by atoms with Gasteiger partial charge in [0.1, 0.15) is 0 Å². The van der Waals surface area contributed by atoms with Crippen molar-refractivity contribution in [1.82, 2.24) is 15.1 Å². The number of benzene rings is 1. The number of nitrogens with zero attached hydrogens (tertiary/aromatic N) is 2. The van der Waals surface area contributed by atoms with E-state index in [1.165, 1.54) is 31.4 Å². The van der Waals surface area contributed by atoms with Crippen molar-refractivity contribution in [2.24, 2.45) is 0 Å². The maximum Gasteiger partial charge on any atom is 0.0728 e. The monoisotopic (exact) mass is 284 g/mol. The van der Waals surface area contributed by atoms with Crippen LogP contribution in [-0.4, -0.2) is 28.4 Å². The van der Waals surface area contributed by atoms with Crippen molar-refractivity contribution in [3.63, 3.8) is 0 Å². The van der Waals surface area contributed by atoms with Crippen LogP contribution in [0.15, 0.2) is 42.7 Å². The van der Waals surface area contributed by atoms with Gasteiger partial charge in [-0.05, 0) is 38.3 Å². The van der Waals surface area contributed by atoms with Crippen LogP contribution >= 0.6 is 0 Å². The standard InChI is InChI=1S/C17H24N4/c1-14(10-16-8-5-9-18-16)20-17-11-19-21(13-17)12-15-6-3-2-4-7-15/h2-4,6-7,11,13-14,16,18,20H,5,8-10,12H2,1H3. The Morgan fingerprint density at radius 3 is 3.00 bits per heavy atom. The normalized spacial score (nSPS) is 19.6. The maximum atomic E-state index is 4.43. The zero-order valence-electron chi connectivity index (χ0n) is 12.6. The van der Waals surface area contributed by atoms with Crippen molar-refractivity contribution in [1.29, 1.82) is 0 Å². The molecule has 4 nitrogen and oxygen atoms in total. The van der Waals surface area contributed by atoms with Crippen molar-refractivity contribution >= 4 is 5.69 Å². The molecule has 2 N–H and O–H groups in total. The van der Waals surface area contributed by atoms with Crippen LogP contribution in [0.25, 0.3) is 0 Å². The van der Waals surface area contributed by atoms with E-state index < -0.39 is 0 Å². The molecule has 2 unspecified atom stereocenters. The Labute approximate surface area is 126 Å². The highest BCUT2D eigenvalue weighted by Gasteiger charge is 2.17. The SMILES string of the molecule is CC(CC1CCCN1)Nc1cnn(Cc2ccccc2)c1. The second kappa shape index (κ2) is 6.76. The van der Waals surface area contributed by atoms with Gasteiger partial charge in [-0.3, -0.25) is 4.68 Å². The minimum absolute atomic E-state index is 0.468. The molecule has 0 aliphatic carbocycles. The van der Waals surface area contributed by atoms with E-state index in [9.17, 15) is 0 Å². The van der Waals surface area contributed by atoms with Gasteiger partial charge in [-0.1, -0.05) is 30.3 Å². The minimum atomic E-state index is 0.468. The first kappa shape index (κ1) is 14.1. The van der Waals surface area contributed by atoms with E-state index >= 15 is 0 Å². The van der Waals surface area contributed by atoms with Crippen LogP contribution in [-0.2, 0) is 6.54 Å². The van der Waals surface area contributed by atoms with Crippen LogP contribution in [0.4, 0.5) is 5.69 Å². The molecule has 1 saturated heterocycles. The Hall–Kier alpha value is -1.81. The predicted octanol–water partition coefficient (Wildman–Crippen LogP) is 2.87. The Balaban J connectivity index is 1.52. The molecule has 1 fully saturated rings. The number of rotatable bonds is 6. The summed E-state index contributed by atoms with van der Waals surface area (Å²) in [5, 5.41) is 11.5. The summed E-state index contributed by atoms with van der Waals surface area (Å²) in [7, 11) is 0. The van der Waals surface area contributed by atoms with Gasteiger partial charge in [0.15, 0.2) is 0 Å². The van der Waals surface area contributed by atoms with Crippen molar-refractivity contribution < 1.29 is 0 Å². The van der Waals surface area contributed by atoms with E-state index in [0.29, 0.717) is 12.1 Å². The number of aromatic nitrogens is 2. The predicted molar refractivity (Wildman–Crippen MR) is 86.5 cm³/mol. The fraction of sp³-hybridized carbons (Fsp3) is 0.471. The van der Waals surface area contributed by atoms with Gasteiger partial charge in [0, 0.05) is 18.3 Å². The van der Waals surface area contributed by atoms with Gasteiger partial charge >= 0.3 is 0 Å². The quantitative estimate of drug-likeness (QED) is 0.857. The lowest BCUT2D eigenvalue weighted by molar-refractivity contribution is 0.523. The highest BCUT2D eigenvalue weighted by Crippen LogP contribution is 2.15. The molecular weight excluding hydrogens is 260 g/mol. The summed E-state index contributed by atoms with van der Waals surface area (Å²) in [4.78, 5) is 0. The molecule has 0 saturated carbocycles. The van der Waals surface area contributed by atoms with Gasteiger partial charge in [0.25, 0.3) is 0 Å². The molecule has 0 radical (unpaired) electrons. The van der Waals surface area contributed by atoms with E-state index in [2.05, 4.69) is 53.1 Å². The van der Waals surface area contributed by atoms with Gasteiger partial charge in [-0.25, -0.2) is 0 Å². The molecule has 2 aromatic rings. The first-order valence-corrected chi connectivity index (χ1v) is 7.86. The average Bonchev–Trinajstić information content (AvgIpc) is 3.12. The first-order valence-electron chi connectivity index (χ1n) is 7.86. The van der Waals surface area contributed by atoms with Crippen molar-refractivity contribution in [3.8, 4) is 0 Å². The molecule has 1 aliphatic heterocycles. The summed E-state index contributed by atoms with van der Waals surface area (Å²) in [6, 6.07) is 11.6. The van der Waals surface area contributed by atoms with Gasteiger partial charge in [-0.15, -0.1) is 0 Å². The summed E-state index contributed by atoms with van der Waals surface area (Å²) in [6.07, 6.45) is 7.79. The Morgan fingerprint density at radius 2 is 2.24 bits per heavy atom. The largest absolute Gasteiger partial charge is 0.380 e. The number of hydrogen-bond acceptors (Lipinski definition) is 3. The molecule has 0 spiro atoms. The second-order valence-corrected chi connectivity index (χ2v) is 5.99. The molecule has 0 amide bonds. The second-order valence-electron chi connectivity index (χ2n) is 5.99. The molecule has 0 bridgehead atoms. The number of nitrogens with one attached hydrogen (secondary N) is 2. The van der Waals surface area contributed by atoms with Crippen LogP contribution in [0.3, 0.4) is 0 Å². The molecule has 4 heteroatoms. The Kier molecular flexibility index (Phi) is 4.55. The van der Waals surface area contributed by atoms with E-state index in [4.69, 9.17) is 0 Å². The fourth-order valence-electron chi connectivity index (χ4n) is 3.02. The summed E-state index contributed by atoms with van der Waals surface area (Å²) < 4.78 is 1.98. The third kappa shape index (κ3) is 4.08. The number of anilines is 1. The lowest BCUT2D eigenvalue weighted by atomic mass is 10.1. The average molecular weight is 284 g/mol. The van der Waals surface area contributed by atoms with Gasteiger partial charge in [0.2, 0.25) is 0 Å². The zero-order chi connectivity index (χ0) is 14.5. The van der Waals surface area contributed by atoms with Gasteiger partial charge in [-0.2, -0.15) is 5.10 Å². The molecular formula is C17H24N4. The Bertz CT molecular complexity index is 543. The molecule has 112 valence electrons. The van der Waals surface area contributed by atoms with Crippen LogP contribution in [0, 0.1) is 0 Å². The van der Waals surface area contributed by atoms with Crippen molar-refractivity contribution in [2.45, 2.75) is 44.8 Å².